The molecule has 2 nitrogen and oxygen atoms in total. The fraction of sp³-hybridized carbons (Fsp3) is 0.538. The first kappa shape index (κ1) is 13.5. The minimum absolute atomic E-state index is 0.549. The van der Waals surface area contributed by atoms with Crippen LogP contribution in [0.5, 0.6) is 5.75 Å². The topological polar surface area (TPSA) is 21.3 Å². The normalized spacial score (nSPS) is 10.8. The Balaban J connectivity index is 2.29. The highest BCUT2D eigenvalue weighted by Crippen LogP contribution is 2.22. The van der Waals surface area contributed by atoms with E-state index in [1.54, 1.807) is 0 Å². The number of rotatable bonds is 6. The Morgan fingerprint density at radius 2 is 2.12 bits per heavy atom. The van der Waals surface area contributed by atoms with Crippen LogP contribution in [-0.4, -0.2) is 19.2 Å². The van der Waals surface area contributed by atoms with Gasteiger partial charge in [-0.2, -0.15) is 0 Å². The number of halogens is 1. The van der Waals surface area contributed by atoms with Crippen LogP contribution >= 0.6 is 15.9 Å². The number of ether oxygens (including phenoxy) is 1. The summed E-state index contributed by atoms with van der Waals surface area (Å²) in [5, 5.41) is 3.37. The SMILES string of the molecule is Cc1ccc(Br)cc1OCCCNC(C)C. The van der Waals surface area contributed by atoms with E-state index in [0.717, 1.165) is 29.8 Å². The minimum atomic E-state index is 0.549. The van der Waals surface area contributed by atoms with Crippen LogP contribution in [0.2, 0.25) is 0 Å². The first-order chi connectivity index (χ1) is 7.59. The van der Waals surface area contributed by atoms with Gasteiger partial charge in [0.15, 0.2) is 0 Å². The van der Waals surface area contributed by atoms with Gasteiger partial charge in [-0.05, 0) is 37.6 Å². The lowest BCUT2D eigenvalue weighted by Gasteiger charge is -2.11. The highest BCUT2D eigenvalue weighted by Gasteiger charge is 2.00. The van der Waals surface area contributed by atoms with Crippen LogP contribution in [-0.2, 0) is 0 Å². The highest BCUT2D eigenvalue weighted by molar-refractivity contribution is 9.10. The van der Waals surface area contributed by atoms with Crippen LogP contribution in [0, 0.1) is 6.92 Å². The Morgan fingerprint density at radius 1 is 1.38 bits per heavy atom. The van der Waals surface area contributed by atoms with Crippen LogP contribution in [0.4, 0.5) is 0 Å². The standard InChI is InChI=1S/C13H20BrNO/c1-10(2)15-7-4-8-16-13-9-12(14)6-5-11(13)3/h5-6,9-10,15H,4,7-8H2,1-3H3. The zero-order valence-corrected chi connectivity index (χ0v) is 11.8. The molecule has 0 atom stereocenters. The van der Waals surface area contributed by atoms with Crippen molar-refractivity contribution in [1.82, 2.24) is 5.32 Å². The Kier molecular flexibility index (Phi) is 5.85. The molecule has 0 aliphatic heterocycles. The molecule has 0 saturated carbocycles. The zero-order chi connectivity index (χ0) is 12.0. The largest absolute Gasteiger partial charge is 0.493 e. The van der Waals surface area contributed by atoms with Gasteiger partial charge in [0, 0.05) is 10.5 Å². The molecule has 0 aliphatic carbocycles. The Labute approximate surface area is 107 Å². The molecule has 0 amide bonds. The average Bonchev–Trinajstić information content (AvgIpc) is 2.22. The van der Waals surface area contributed by atoms with Crippen molar-refractivity contribution in [1.29, 1.82) is 0 Å². The lowest BCUT2D eigenvalue weighted by Crippen LogP contribution is -2.24. The molecule has 1 aromatic carbocycles. The fourth-order valence-corrected chi connectivity index (χ4v) is 1.71. The first-order valence-electron chi connectivity index (χ1n) is 5.72. The summed E-state index contributed by atoms with van der Waals surface area (Å²) >= 11 is 3.45. The predicted molar refractivity (Wildman–Crippen MR) is 72.1 cm³/mol. The predicted octanol–water partition coefficient (Wildman–Crippen LogP) is 3.52. The van der Waals surface area contributed by atoms with E-state index < -0.39 is 0 Å². The molecule has 1 rings (SSSR count). The number of nitrogens with one attached hydrogen (secondary N) is 1. The molecule has 0 aromatic heterocycles. The molecule has 16 heavy (non-hydrogen) atoms. The number of aryl methyl sites for hydroxylation is 1. The quantitative estimate of drug-likeness (QED) is 0.808. The molecular weight excluding hydrogens is 266 g/mol. The molecule has 0 radical (unpaired) electrons. The van der Waals surface area contributed by atoms with Crippen molar-refractivity contribution in [2.24, 2.45) is 0 Å². The van der Waals surface area contributed by atoms with Crippen molar-refractivity contribution in [2.45, 2.75) is 33.2 Å². The van der Waals surface area contributed by atoms with Gasteiger partial charge in [-0.25, -0.2) is 0 Å². The van der Waals surface area contributed by atoms with Gasteiger partial charge >= 0.3 is 0 Å². The van der Waals surface area contributed by atoms with E-state index in [-0.39, 0.29) is 0 Å². The van der Waals surface area contributed by atoms with E-state index in [9.17, 15) is 0 Å². The summed E-state index contributed by atoms with van der Waals surface area (Å²) in [7, 11) is 0. The van der Waals surface area contributed by atoms with E-state index in [4.69, 9.17) is 4.74 Å². The molecule has 0 aliphatic rings. The van der Waals surface area contributed by atoms with E-state index in [1.807, 2.05) is 12.1 Å². The van der Waals surface area contributed by atoms with Crippen LogP contribution in [0.15, 0.2) is 22.7 Å². The maximum atomic E-state index is 5.73. The van der Waals surface area contributed by atoms with Crippen molar-refractivity contribution in [2.75, 3.05) is 13.2 Å². The highest BCUT2D eigenvalue weighted by atomic mass is 79.9. The molecule has 0 unspecified atom stereocenters. The molecule has 90 valence electrons. The molecule has 0 heterocycles. The van der Waals surface area contributed by atoms with Crippen LogP contribution in [0.3, 0.4) is 0 Å². The van der Waals surface area contributed by atoms with Gasteiger partial charge in [-0.1, -0.05) is 35.8 Å². The summed E-state index contributed by atoms with van der Waals surface area (Å²) in [6.07, 6.45) is 1.03. The second-order valence-electron chi connectivity index (χ2n) is 4.22. The smallest absolute Gasteiger partial charge is 0.123 e. The zero-order valence-electron chi connectivity index (χ0n) is 10.2. The molecule has 0 fully saturated rings. The van der Waals surface area contributed by atoms with Crippen LogP contribution in [0.25, 0.3) is 0 Å². The second-order valence-corrected chi connectivity index (χ2v) is 5.14. The average molecular weight is 286 g/mol. The van der Waals surface area contributed by atoms with Crippen molar-refractivity contribution in [3.8, 4) is 5.75 Å². The lowest BCUT2D eigenvalue weighted by atomic mass is 10.2. The van der Waals surface area contributed by atoms with Crippen molar-refractivity contribution < 1.29 is 4.74 Å². The Morgan fingerprint density at radius 3 is 2.81 bits per heavy atom. The van der Waals surface area contributed by atoms with Crippen molar-refractivity contribution in [3.63, 3.8) is 0 Å². The summed E-state index contributed by atoms with van der Waals surface area (Å²) < 4.78 is 6.79. The summed E-state index contributed by atoms with van der Waals surface area (Å²) in [6.45, 7) is 8.13. The number of benzene rings is 1. The minimum Gasteiger partial charge on any atom is -0.493 e. The maximum Gasteiger partial charge on any atom is 0.123 e. The third-order valence-corrected chi connectivity index (χ3v) is 2.77. The molecule has 0 spiro atoms. The van der Waals surface area contributed by atoms with Crippen LogP contribution < -0.4 is 10.1 Å². The lowest BCUT2D eigenvalue weighted by molar-refractivity contribution is 0.304. The van der Waals surface area contributed by atoms with Gasteiger partial charge in [0.1, 0.15) is 5.75 Å². The van der Waals surface area contributed by atoms with Gasteiger partial charge < -0.3 is 10.1 Å². The van der Waals surface area contributed by atoms with E-state index in [1.165, 1.54) is 5.56 Å². The summed E-state index contributed by atoms with van der Waals surface area (Å²) in [4.78, 5) is 0. The van der Waals surface area contributed by atoms with E-state index in [2.05, 4.69) is 48.1 Å². The third-order valence-electron chi connectivity index (χ3n) is 2.28. The van der Waals surface area contributed by atoms with Crippen LogP contribution in [0.1, 0.15) is 25.8 Å². The second kappa shape index (κ2) is 6.92. The third kappa shape index (κ3) is 4.99. The van der Waals surface area contributed by atoms with E-state index >= 15 is 0 Å². The summed E-state index contributed by atoms with van der Waals surface area (Å²) in [6, 6.07) is 6.66. The fourth-order valence-electron chi connectivity index (χ4n) is 1.37. The first-order valence-corrected chi connectivity index (χ1v) is 6.51. The Hall–Kier alpha value is -0.540. The number of hydrogen-bond donors (Lipinski definition) is 1. The maximum absolute atomic E-state index is 5.73. The van der Waals surface area contributed by atoms with Crippen molar-refractivity contribution in [3.05, 3.63) is 28.2 Å². The molecular formula is C13H20BrNO. The van der Waals surface area contributed by atoms with Gasteiger partial charge in [-0.3, -0.25) is 0 Å². The molecule has 1 aromatic rings. The van der Waals surface area contributed by atoms with Gasteiger partial charge in [0.25, 0.3) is 0 Å². The van der Waals surface area contributed by atoms with Gasteiger partial charge in [0.2, 0.25) is 0 Å². The van der Waals surface area contributed by atoms with Crippen molar-refractivity contribution >= 4 is 15.9 Å². The molecule has 3 heteroatoms. The van der Waals surface area contributed by atoms with Gasteiger partial charge in [0.05, 0.1) is 6.61 Å². The van der Waals surface area contributed by atoms with E-state index in [0.29, 0.717) is 6.04 Å². The molecule has 0 bridgehead atoms. The van der Waals surface area contributed by atoms with Gasteiger partial charge in [-0.15, -0.1) is 0 Å². The molecule has 0 saturated heterocycles. The number of hydrogen-bond acceptors (Lipinski definition) is 2. The summed E-state index contributed by atoms with van der Waals surface area (Å²) in [5.41, 5.74) is 1.18. The monoisotopic (exact) mass is 285 g/mol. The molecule has 1 N–H and O–H groups in total. The summed E-state index contributed by atoms with van der Waals surface area (Å²) in [5.74, 6) is 0.971. The Bertz CT molecular complexity index is 326.